The molecule has 0 saturated carbocycles. The van der Waals surface area contributed by atoms with Gasteiger partial charge in [-0.2, -0.15) is 5.10 Å². The number of carbonyl (C=O) groups excluding carboxylic acids is 1. The predicted octanol–water partition coefficient (Wildman–Crippen LogP) is 2.73. The fourth-order valence-electron chi connectivity index (χ4n) is 2.61. The molecule has 2 aromatic carbocycles. The van der Waals surface area contributed by atoms with Gasteiger partial charge in [-0.25, -0.2) is 4.68 Å². The first-order chi connectivity index (χ1) is 10.8. The predicted molar refractivity (Wildman–Crippen MR) is 83.8 cm³/mol. The van der Waals surface area contributed by atoms with Gasteiger partial charge >= 0.3 is 0 Å². The third kappa shape index (κ3) is 2.03. The molecule has 0 radical (unpaired) electrons. The zero-order valence-electron chi connectivity index (χ0n) is 11.7. The minimum atomic E-state index is -0.264. The first kappa shape index (κ1) is 12.6. The number of hydrogen-bond acceptors (Lipinski definition) is 3. The van der Waals surface area contributed by atoms with Crippen LogP contribution in [0.1, 0.15) is 22.1 Å². The summed E-state index contributed by atoms with van der Waals surface area (Å²) in [6, 6.07) is 19.6. The number of anilines is 1. The SMILES string of the molecule is O=C1N[C@H](c2ccccc2)Nc2c1cnn2-c1ccccc1. The van der Waals surface area contributed by atoms with Crippen molar-refractivity contribution in [2.75, 3.05) is 5.32 Å². The third-order valence-corrected chi connectivity index (χ3v) is 3.70. The normalized spacial score (nSPS) is 16.5. The molecular weight excluding hydrogens is 276 g/mol. The fourth-order valence-corrected chi connectivity index (χ4v) is 2.61. The van der Waals surface area contributed by atoms with Crippen molar-refractivity contribution in [1.29, 1.82) is 0 Å². The minimum absolute atomic E-state index is 0.121. The molecule has 0 bridgehead atoms. The van der Waals surface area contributed by atoms with Crippen LogP contribution in [0.4, 0.5) is 5.82 Å². The molecule has 2 N–H and O–H groups in total. The average Bonchev–Trinajstić information content (AvgIpc) is 3.01. The molecular formula is C17H14N4O. The molecule has 0 aliphatic carbocycles. The van der Waals surface area contributed by atoms with Crippen LogP contribution in [0.25, 0.3) is 5.69 Å². The molecule has 0 unspecified atom stereocenters. The number of nitrogens with zero attached hydrogens (tertiary/aromatic N) is 2. The summed E-state index contributed by atoms with van der Waals surface area (Å²) in [5.41, 5.74) is 2.47. The Morgan fingerprint density at radius 1 is 0.909 bits per heavy atom. The Morgan fingerprint density at radius 2 is 1.59 bits per heavy atom. The number of carbonyl (C=O) groups is 1. The highest BCUT2D eigenvalue weighted by molar-refractivity contribution is 6.01. The summed E-state index contributed by atoms with van der Waals surface area (Å²) in [6.07, 6.45) is 1.33. The van der Waals surface area contributed by atoms with Crippen molar-refractivity contribution < 1.29 is 4.79 Å². The zero-order chi connectivity index (χ0) is 14.9. The molecule has 0 fully saturated rings. The monoisotopic (exact) mass is 290 g/mol. The van der Waals surface area contributed by atoms with Crippen molar-refractivity contribution >= 4 is 11.7 Å². The van der Waals surface area contributed by atoms with Crippen molar-refractivity contribution in [2.24, 2.45) is 0 Å². The zero-order valence-corrected chi connectivity index (χ0v) is 11.7. The summed E-state index contributed by atoms with van der Waals surface area (Å²) in [4.78, 5) is 12.3. The van der Waals surface area contributed by atoms with Crippen LogP contribution < -0.4 is 10.6 Å². The summed E-state index contributed by atoms with van der Waals surface area (Å²) in [6.45, 7) is 0. The second-order valence-electron chi connectivity index (χ2n) is 5.12. The molecule has 5 nitrogen and oxygen atoms in total. The number of nitrogens with one attached hydrogen (secondary N) is 2. The number of fused-ring (bicyclic) bond motifs is 1. The number of benzene rings is 2. The molecule has 1 aromatic heterocycles. The third-order valence-electron chi connectivity index (χ3n) is 3.70. The van der Waals surface area contributed by atoms with Crippen LogP contribution in [0.15, 0.2) is 66.9 Å². The highest BCUT2D eigenvalue weighted by Crippen LogP contribution is 2.28. The van der Waals surface area contributed by atoms with Gasteiger partial charge < -0.3 is 10.6 Å². The highest BCUT2D eigenvalue weighted by atomic mass is 16.2. The topological polar surface area (TPSA) is 59.0 Å². The largest absolute Gasteiger partial charge is 0.345 e. The summed E-state index contributed by atoms with van der Waals surface area (Å²) < 4.78 is 1.75. The van der Waals surface area contributed by atoms with E-state index in [1.165, 1.54) is 0 Å². The summed E-state index contributed by atoms with van der Waals surface area (Å²) in [5, 5.41) is 10.6. The molecule has 1 aliphatic rings. The van der Waals surface area contributed by atoms with Gasteiger partial charge in [0.2, 0.25) is 0 Å². The molecule has 5 heteroatoms. The van der Waals surface area contributed by atoms with Gasteiger partial charge in [-0.3, -0.25) is 4.79 Å². The second-order valence-corrected chi connectivity index (χ2v) is 5.12. The molecule has 4 rings (SSSR count). The lowest BCUT2D eigenvalue weighted by molar-refractivity contribution is 0.0935. The summed E-state index contributed by atoms with van der Waals surface area (Å²) in [5.74, 6) is 0.591. The van der Waals surface area contributed by atoms with Crippen LogP contribution in [-0.4, -0.2) is 15.7 Å². The Morgan fingerprint density at radius 3 is 2.32 bits per heavy atom. The molecule has 108 valence electrons. The van der Waals surface area contributed by atoms with Crippen molar-refractivity contribution in [3.8, 4) is 5.69 Å². The molecule has 1 aliphatic heterocycles. The molecule has 1 atom stereocenters. The van der Waals surface area contributed by atoms with E-state index in [4.69, 9.17) is 0 Å². The smallest absolute Gasteiger partial charge is 0.258 e. The van der Waals surface area contributed by atoms with E-state index >= 15 is 0 Å². The first-order valence-corrected chi connectivity index (χ1v) is 7.09. The van der Waals surface area contributed by atoms with Gasteiger partial charge in [0.1, 0.15) is 17.5 Å². The standard InChI is InChI=1S/C17H14N4O/c22-17-14-11-18-21(13-9-5-2-6-10-13)16(14)19-15(20-17)12-7-3-1-4-8-12/h1-11,15,19H,(H,20,22)/t15-/m1/s1. The van der Waals surface area contributed by atoms with Gasteiger partial charge in [-0.1, -0.05) is 48.5 Å². The molecule has 1 amide bonds. The molecule has 2 heterocycles. The van der Waals surface area contributed by atoms with Crippen LogP contribution in [0.5, 0.6) is 0 Å². The van der Waals surface area contributed by atoms with Gasteiger partial charge in [0.15, 0.2) is 0 Å². The van der Waals surface area contributed by atoms with E-state index in [-0.39, 0.29) is 12.1 Å². The second kappa shape index (κ2) is 5.04. The number of amides is 1. The van der Waals surface area contributed by atoms with Gasteiger partial charge in [0.05, 0.1) is 11.9 Å². The van der Waals surface area contributed by atoms with Crippen LogP contribution in [0.2, 0.25) is 0 Å². The van der Waals surface area contributed by atoms with E-state index in [0.29, 0.717) is 11.4 Å². The molecule has 0 spiro atoms. The lowest BCUT2D eigenvalue weighted by atomic mass is 10.1. The van der Waals surface area contributed by atoms with E-state index in [0.717, 1.165) is 11.3 Å². The maximum Gasteiger partial charge on any atom is 0.258 e. The minimum Gasteiger partial charge on any atom is -0.345 e. The van der Waals surface area contributed by atoms with Gasteiger partial charge in [-0.05, 0) is 17.7 Å². The van der Waals surface area contributed by atoms with Crippen molar-refractivity contribution in [2.45, 2.75) is 6.17 Å². The Labute approximate surface area is 127 Å². The van der Waals surface area contributed by atoms with Crippen LogP contribution in [0, 0.1) is 0 Å². The first-order valence-electron chi connectivity index (χ1n) is 7.09. The number of aromatic nitrogens is 2. The lowest BCUT2D eigenvalue weighted by Crippen LogP contribution is -2.38. The average molecular weight is 290 g/mol. The quantitative estimate of drug-likeness (QED) is 0.763. The van der Waals surface area contributed by atoms with Crippen molar-refractivity contribution in [1.82, 2.24) is 15.1 Å². The number of rotatable bonds is 2. The van der Waals surface area contributed by atoms with Crippen LogP contribution in [0.3, 0.4) is 0 Å². The molecule has 22 heavy (non-hydrogen) atoms. The Hall–Kier alpha value is -3.08. The number of hydrogen-bond donors (Lipinski definition) is 2. The Kier molecular flexibility index (Phi) is 2.89. The maximum atomic E-state index is 12.3. The Balaban J connectivity index is 1.76. The van der Waals surface area contributed by atoms with E-state index in [2.05, 4.69) is 15.7 Å². The maximum absolute atomic E-state index is 12.3. The van der Waals surface area contributed by atoms with Gasteiger partial charge in [-0.15, -0.1) is 0 Å². The van der Waals surface area contributed by atoms with Crippen molar-refractivity contribution in [3.05, 3.63) is 78.0 Å². The van der Waals surface area contributed by atoms with Crippen LogP contribution >= 0.6 is 0 Å². The van der Waals surface area contributed by atoms with Gasteiger partial charge in [0.25, 0.3) is 5.91 Å². The van der Waals surface area contributed by atoms with E-state index in [1.54, 1.807) is 10.9 Å². The van der Waals surface area contributed by atoms with Gasteiger partial charge in [0, 0.05) is 0 Å². The summed E-state index contributed by atoms with van der Waals surface area (Å²) in [7, 11) is 0. The summed E-state index contributed by atoms with van der Waals surface area (Å²) >= 11 is 0. The fraction of sp³-hybridized carbons (Fsp3) is 0.0588. The van der Waals surface area contributed by atoms with E-state index < -0.39 is 0 Å². The van der Waals surface area contributed by atoms with E-state index in [1.807, 2.05) is 60.7 Å². The van der Waals surface area contributed by atoms with Crippen LogP contribution in [-0.2, 0) is 0 Å². The lowest BCUT2D eigenvalue weighted by Gasteiger charge is -2.27. The van der Waals surface area contributed by atoms with Crippen molar-refractivity contribution in [3.63, 3.8) is 0 Å². The number of para-hydroxylation sites is 1. The molecule has 3 aromatic rings. The Bertz CT molecular complexity index is 811. The molecule has 0 saturated heterocycles. The van der Waals surface area contributed by atoms with E-state index in [9.17, 15) is 4.79 Å². The highest BCUT2D eigenvalue weighted by Gasteiger charge is 2.28.